The largest absolute Gasteiger partial charge is 0.486 e. The molecule has 2 bridgehead atoms. The Morgan fingerprint density at radius 3 is 2.88 bits per heavy atom. The van der Waals surface area contributed by atoms with E-state index >= 15 is 0 Å². The van der Waals surface area contributed by atoms with Crippen LogP contribution < -0.4 is 10.1 Å². The number of rotatable bonds is 3. The standard InChI is InChI=1S/C18H19N3O2S/c1-23-16-11-19-17(24-16)20-18(22)21-14-7-8-15(21)10-13(9-14)12-5-3-2-4-6-12/h2-6,9,11,14-15H,7-8,10H2,1H3,(H,19,20,22). The van der Waals surface area contributed by atoms with Gasteiger partial charge < -0.3 is 9.64 Å². The summed E-state index contributed by atoms with van der Waals surface area (Å²) >= 11 is 1.34. The van der Waals surface area contributed by atoms with Crippen molar-refractivity contribution in [3.8, 4) is 5.06 Å². The molecule has 1 N–H and O–H groups in total. The Morgan fingerprint density at radius 2 is 2.17 bits per heavy atom. The van der Waals surface area contributed by atoms with E-state index in [-0.39, 0.29) is 18.1 Å². The second-order valence-electron chi connectivity index (χ2n) is 6.09. The maximum Gasteiger partial charge on any atom is 0.324 e. The number of carbonyl (C=O) groups is 1. The molecule has 4 rings (SSSR count). The molecule has 1 aromatic carbocycles. The second-order valence-corrected chi connectivity index (χ2v) is 7.08. The number of hydrogen-bond donors (Lipinski definition) is 1. The lowest BCUT2D eigenvalue weighted by Crippen LogP contribution is -2.45. The van der Waals surface area contributed by atoms with Gasteiger partial charge in [-0.2, -0.15) is 0 Å². The first-order valence-electron chi connectivity index (χ1n) is 8.10. The molecule has 1 fully saturated rings. The Morgan fingerprint density at radius 1 is 1.33 bits per heavy atom. The number of thiazole rings is 1. The molecule has 1 aromatic heterocycles. The maximum absolute atomic E-state index is 12.7. The molecule has 2 unspecified atom stereocenters. The predicted molar refractivity (Wildman–Crippen MR) is 95.4 cm³/mol. The quantitative estimate of drug-likeness (QED) is 0.918. The third-order valence-corrected chi connectivity index (χ3v) is 5.55. The maximum atomic E-state index is 12.7. The summed E-state index contributed by atoms with van der Waals surface area (Å²) in [6.45, 7) is 0. The number of methoxy groups -OCH3 is 1. The van der Waals surface area contributed by atoms with Crippen molar-refractivity contribution in [2.24, 2.45) is 0 Å². The van der Waals surface area contributed by atoms with Gasteiger partial charge >= 0.3 is 6.03 Å². The van der Waals surface area contributed by atoms with Gasteiger partial charge in [0.2, 0.25) is 0 Å². The number of carbonyl (C=O) groups excluding carboxylic acids is 1. The summed E-state index contributed by atoms with van der Waals surface area (Å²) in [5.41, 5.74) is 2.61. The first-order chi connectivity index (χ1) is 11.7. The molecule has 0 spiro atoms. The molecule has 2 amide bonds. The molecule has 124 valence electrons. The first kappa shape index (κ1) is 15.2. The van der Waals surface area contributed by atoms with Crippen molar-refractivity contribution in [1.82, 2.24) is 9.88 Å². The fraction of sp³-hybridized carbons (Fsp3) is 0.333. The van der Waals surface area contributed by atoms with Crippen molar-refractivity contribution in [2.45, 2.75) is 31.3 Å². The molecule has 2 aromatic rings. The van der Waals surface area contributed by atoms with Crippen LogP contribution >= 0.6 is 11.3 Å². The van der Waals surface area contributed by atoms with Crippen LogP contribution in [-0.4, -0.2) is 35.1 Å². The van der Waals surface area contributed by atoms with Gasteiger partial charge in [0.05, 0.1) is 19.3 Å². The molecule has 2 atom stereocenters. The van der Waals surface area contributed by atoms with E-state index in [9.17, 15) is 4.79 Å². The van der Waals surface area contributed by atoms with E-state index in [0.717, 1.165) is 19.3 Å². The minimum atomic E-state index is -0.0668. The molecule has 2 aliphatic heterocycles. The van der Waals surface area contributed by atoms with Crippen molar-refractivity contribution >= 4 is 28.1 Å². The van der Waals surface area contributed by atoms with Crippen molar-refractivity contribution in [3.05, 3.63) is 48.2 Å². The van der Waals surface area contributed by atoms with Gasteiger partial charge in [-0.1, -0.05) is 47.7 Å². The van der Waals surface area contributed by atoms with E-state index in [4.69, 9.17) is 4.74 Å². The van der Waals surface area contributed by atoms with Crippen LogP contribution in [0.25, 0.3) is 5.57 Å². The highest BCUT2D eigenvalue weighted by molar-refractivity contribution is 7.17. The number of benzene rings is 1. The number of anilines is 1. The van der Waals surface area contributed by atoms with E-state index in [2.05, 4.69) is 40.6 Å². The third kappa shape index (κ3) is 2.78. The molecule has 1 saturated heterocycles. The first-order valence-corrected chi connectivity index (χ1v) is 8.91. The summed E-state index contributed by atoms with van der Waals surface area (Å²) in [5.74, 6) is 0. The van der Waals surface area contributed by atoms with E-state index in [1.807, 2.05) is 11.0 Å². The number of aromatic nitrogens is 1. The molecule has 2 aliphatic rings. The lowest BCUT2D eigenvalue weighted by Gasteiger charge is -2.33. The SMILES string of the molecule is COc1cnc(NC(=O)N2C3C=C(c4ccccc4)CC2CC3)s1. The van der Waals surface area contributed by atoms with Crippen LogP contribution in [0.3, 0.4) is 0 Å². The van der Waals surface area contributed by atoms with Crippen LogP contribution in [0.15, 0.2) is 42.6 Å². The van der Waals surface area contributed by atoms with Gasteiger partial charge in [0.15, 0.2) is 10.2 Å². The highest BCUT2D eigenvalue weighted by Crippen LogP contribution is 2.39. The number of nitrogens with zero attached hydrogens (tertiary/aromatic N) is 2. The molecule has 5 nitrogen and oxygen atoms in total. The van der Waals surface area contributed by atoms with E-state index in [1.165, 1.54) is 22.5 Å². The highest BCUT2D eigenvalue weighted by Gasteiger charge is 2.39. The molecular weight excluding hydrogens is 322 g/mol. The summed E-state index contributed by atoms with van der Waals surface area (Å²) in [7, 11) is 1.60. The van der Waals surface area contributed by atoms with E-state index in [0.29, 0.717) is 10.2 Å². The zero-order valence-corrected chi connectivity index (χ0v) is 14.3. The summed E-state index contributed by atoms with van der Waals surface area (Å²) in [6, 6.07) is 10.8. The van der Waals surface area contributed by atoms with Crippen LogP contribution in [0.5, 0.6) is 5.06 Å². The predicted octanol–water partition coefficient (Wildman–Crippen LogP) is 4.00. The fourth-order valence-electron chi connectivity index (χ4n) is 3.58. The van der Waals surface area contributed by atoms with Gasteiger partial charge in [-0.05, 0) is 30.4 Å². The summed E-state index contributed by atoms with van der Waals surface area (Å²) in [4.78, 5) is 18.8. The number of amides is 2. The minimum absolute atomic E-state index is 0.0668. The molecule has 6 heteroatoms. The van der Waals surface area contributed by atoms with Crippen LogP contribution in [0.4, 0.5) is 9.93 Å². The lowest BCUT2D eigenvalue weighted by molar-refractivity contribution is 0.193. The van der Waals surface area contributed by atoms with Crippen LogP contribution in [0.2, 0.25) is 0 Å². The number of hydrogen-bond acceptors (Lipinski definition) is 4. The fourth-order valence-corrected chi connectivity index (χ4v) is 4.20. The zero-order chi connectivity index (χ0) is 16.5. The number of nitrogens with one attached hydrogen (secondary N) is 1. The lowest BCUT2D eigenvalue weighted by atomic mass is 9.95. The van der Waals surface area contributed by atoms with Crippen molar-refractivity contribution in [2.75, 3.05) is 12.4 Å². The van der Waals surface area contributed by atoms with Gasteiger partial charge in [0.25, 0.3) is 0 Å². The topological polar surface area (TPSA) is 54.5 Å². The molecular formula is C18H19N3O2S. The molecule has 0 radical (unpaired) electrons. The number of fused-ring (bicyclic) bond motifs is 2. The smallest absolute Gasteiger partial charge is 0.324 e. The number of ether oxygens (including phenoxy) is 1. The van der Waals surface area contributed by atoms with Gasteiger partial charge in [0.1, 0.15) is 0 Å². The van der Waals surface area contributed by atoms with E-state index < -0.39 is 0 Å². The van der Waals surface area contributed by atoms with Gasteiger partial charge in [-0.3, -0.25) is 5.32 Å². The molecule has 0 aliphatic carbocycles. The molecule has 3 heterocycles. The van der Waals surface area contributed by atoms with Crippen molar-refractivity contribution in [1.29, 1.82) is 0 Å². The van der Waals surface area contributed by atoms with E-state index in [1.54, 1.807) is 13.3 Å². The van der Waals surface area contributed by atoms with Gasteiger partial charge in [-0.15, -0.1) is 0 Å². The summed E-state index contributed by atoms with van der Waals surface area (Å²) < 4.78 is 5.12. The number of urea groups is 1. The Kier molecular flexibility index (Phi) is 3.98. The van der Waals surface area contributed by atoms with Crippen molar-refractivity contribution in [3.63, 3.8) is 0 Å². The minimum Gasteiger partial charge on any atom is -0.486 e. The van der Waals surface area contributed by atoms with Gasteiger partial charge in [0, 0.05) is 6.04 Å². The zero-order valence-electron chi connectivity index (χ0n) is 13.4. The molecule has 24 heavy (non-hydrogen) atoms. The monoisotopic (exact) mass is 341 g/mol. The van der Waals surface area contributed by atoms with Crippen LogP contribution in [-0.2, 0) is 0 Å². The average molecular weight is 341 g/mol. The summed E-state index contributed by atoms with van der Waals surface area (Å²) in [6.07, 6.45) is 6.86. The van der Waals surface area contributed by atoms with Crippen molar-refractivity contribution < 1.29 is 9.53 Å². The van der Waals surface area contributed by atoms with Crippen LogP contribution in [0, 0.1) is 0 Å². The summed E-state index contributed by atoms with van der Waals surface area (Å²) in [5, 5.41) is 4.18. The van der Waals surface area contributed by atoms with Crippen LogP contribution in [0.1, 0.15) is 24.8 Å². The molecule has 0 saturated carbocycles. The highest BCUT2D eigenvalue weighted by atomic mass is 32.1. The Hall–Kier alpha value is -2.34. The Labute approximate surface area is 145 Å². The normalized spacial score (nSPS) is 22.2. The Balaban J connectivity index is 1.51. The average Bonchev–Trinajstić information content (AvgIpc) is 3.17. The van der Waals surface area contributed by atoms with Gasteiger partial charge in [-0.25, -0.2) is 9.78 Å². The third-order valence-electron chi connectivity index (χ3n) is 4.67. The second kappa shape index (κ2) is 6.28. The Bertz CT molecular complexity index is 772.